The zero-order valence-electron chi connectivity index (χ0n) is 16.1. The number of carbonyl (C=O) groups is 2. The lowest BCUT2D eigenvalue weighted by Gasteiger charge is -2.30. The maximum atomic E-state index is 12.7. The summed E-state index contributed by atoms with van der Waals surface area (Å²) in [7, 11) is 0. The summed E-state index contributed by atoms with van der Waals surface area (Å²) in [6.45, 7) is 8.56. The van der Waals surface area contributed by atoms with Gasteiger partial charge in [0.25, 0.3) is 5.91 Å². The Hall–Kier alpha value is -2.08. The third-order valence-electron chi connectivity index (χ3n) is 4.94. The lowest BCUT2D eigenvalue weighted by molar-refractivity contribution is 0.0697. The van der Waals surface area contributed by atoms with E-state index in [1.165, 1.54) is 0 Å². The van der Waals surface area contributed by atoms with Gasteiger partial charge in [-0.3, -0.25) is 4.79 Å². The van der Waals surface area contributed by atoms with E-state index in [0.29, 0.717) is 30.3 Å². The van der Waals surface area contributed by atoms with Gasteiger partial charge in [0.15, 0.2) is 0 Å². The quantitative estimate of drug-likeness (QED) is 0.818. The molecule has 1 aromatic rings. The van der Waals surface area contributed by atoms with Gasteiger partial charge in [0.1, 0.15) is 0 Å². The van der Waals surface area contributed by atoms with Crippen molar-refractivity contribution in [1.82, 2.24) is 9.80 Å². The number of aliphatic hydroxyl groups excluding tert-OH is 1. The first kappa shape index (κ1) is 20.2. The normalized spacial score (nSPS) is 15.0. The number of rotatable bonds is 6. The summed E-state index contributed by atoms with van der Waals surface area (Å²) in [4.78, 5) is 28.5. The molecule has 1 aliphatic rings. The Balaban J connectivity index is 2.04. The number of aliphatic hydroxyl groups is 1. The minimum atomic E-state index is -0.229. The van der Waals surface area contributed by atoms with Crippen LogP contribution in [0.25, 0.3) is 0 Å². The Morgan fingerprint density at radius 3 is 2.54 bits per heavy atom. The van der Waals surface area contributed by atoms with E-state index in [4.69, 9.17) is 5.11 Å². The first-order chi connectivity index (χ1) is 12.5. The van der Waals surface area contributed by atoms with Gasteiger partial charge >= 0.3 is 6.03 Å². The van der Waals surface area contributed by atoms with Gasteiger partial charge in [0, 0.05) is 37.4 Å². The standard InChI is InChI=1S/C20H31N3O3/c1-4-9-23(12-13-24)20(26)21-18-6-5-17(14-16(18)3)19(25)22-10-7-15(2)8-11-22/h5-6,14-15,24H,4,7-13H2,1-3H3,(H,21,26). The molecular weight excluding hydrogens is 330 g/mol. The van der Waals surface area contributed by atoms with Crippen LogP contribution in [0.3, 0.4) is 0 Å². The molecule has 0 atom stereocenters. The van der Waals surface area contributed by atoms with Gasteiger partial charge in [-0.05, 0) is 55.9 Å². The molecule has 1 saturated heterocycles. The smallest absolute Gasteiger partial charge is 0.321 e. The maximum Gasteiger partial charge on any atom is 0.321 e. The van der Waals surface area contributed by atoms with Crippen molar-refractivity contribution in [3.05, 3.63) is 29.3 Å². The fourth-order valence-electron chi connectivity index (χ4n) is 3.23. The molecule has 1 aliphatic heterocycles. The zero-order chi connectivity index (χ0) is 19.1. The molecule has 0 unspecified atom stereocenters. The van der Waals surface area contributed by atoms with Gasteiger partial charge in [0.2, 0.25) is 0 Å². The number of urea groups is 1. The number of carbonyl (C=O) groups excluding carboxylic acids is 2. The molecule has 6 heteroatoms. The molecule has 6 nitrogen and oxygen atoms in total. The highest BCUT2D eigenvalue weighted by atomic mass is 16.3. The Labute approximate surface area is 156 Å². The molecule has 0 bridgehead atoms. The summed E-state index contributed by atoms with van der Waals surface area (Å²) in [5.41, 5.74) is 2.21. The molecule has 0 aliphatic carbocycles. The van der Waals surface area contributed by atoms with Crippen LogP contribution in [0.2, 0.25) is 0 Å². The van der Waals surface area contributed by atoms with Gasteiger partial charge < -0.3 is 20.2 Å². The van der Waals surface area contributed by atoms with Gasteiger partial charge in [-0.2, -0.15) is 0 Å². The fraction of sp³-hybridized carbons (Fsp3) is 0.600. The minimum Gasteiger partial charge on any atom is -0.395 e. The van der Waals surface area contributed by atoms with Crippen LogP contribution < -0.4 is 5.32 Å². The predicted molar refractivity (Wildman–Crippen MR) is 103 cm³/mol. The molecular formula is C20H31N3O3. The Kier molecular flexibility index (Phi) is 7.45. The van der Waals surface area contributed by atoms with Crippen molar-refractivity contribution in [2.75, 3.05) is 38.1 Å². The van der Waals surface area contributed by atoms with Gasteiger partial charge in [0.05, 0.1) is 6.61 Å². The number of likely N-dealkylation sites (tertiary alicyclic amines) is 1. The SMILES string of the molecule is CCCN(CCO)C(=O)Nc1ccc(C(=O)N2CCC(C)CC2)cc1C. The van der Waals surface area contributed by atoms with Crippen LogP contribution in [0.5, 0.6) is 0 Å². The summed E-state index contributed by atoms with van der Waals surface area (Å²) in [6.07, 6.45) is 2.93. The van der Waals surface area contributed by atoms with Crippen molar-refractivity contribution in [3.8, 4) is 0 Å². The summed E-state index contributed by atoms with van der Waals surface area (Å²) in [5.74, 6) is 0.745. The average molecular weight is 361 g/mol. The second kappa shape index (κ2) is 9.57. The monoisotopic (exact) mass is 361 g/mol. The number of hydrogen-bond donors (Lipinski definition) is 2. The maximum absolute atomic E-state index is 12.7. The molecule has 2 N–H and O–H groups in total. The van der Waals surface area contributed by atoms with Crippen LogP contribution in [-0.4, -0.2) is 59.6 Å². The van der Waals surface area contributed by atoms with E-state index in [2.05, 4.69) is 12.2 Å². The number of benzene rings is 1. The molecule has 2 rings (SSSR count). The topological polar surface area (TPSA) is 72.9 Å². The predicted octanol–water partition coefficient (Wildman–Crippen LogP) is 3.10. The number of amides is 3. The van der Waals surface area contributed by atoms with Crippen LogP contribution in [0, 0.1) is 12.8 Å². The highest BCUT2D eigenvalue weighted by molar-refractivity contribution is 5.96. The van der Waals surface area contributed by atoms with Gasteiger partial charge in [-0.25, -0.2) is 4.79 Å². The molecule has 1 fully saturated rings. The van der Waals surface area contributed by atoms with E-state index in [0.717, 1.165) is 37.9 Å². The molecule has 3 amide bonds. The molecule has 26 heavy (non-hydrogen) atoms. The van der Waals surface area contributed by atoms with Crippen molar-refractivity contribution in [1.29, 1.82) is 0 Å². The largest absolute Gasteiger partial charge is 0.395 e. The lowest BCUT2D eigenvalue weighted by Crippen LogP contribution is -2.38. The second-order valence-electron chi connectivity index (χ2n) is 7.15. The van der Waals surface area contributed by atoms with E-state index in [1.807, 2.05) is 24.8 Å². The van der Waals surface area contributed by atoms with Crippen molar-refractivity contribution in [2.24, 2.45) is 5.92 Å². The number of nitrogens with one attached hydrogen (secondary N) is 1. The molecule has 144 valence electrons. The summed E-state index contributed by atoms with van der Waals surface area (Å²) < 4.78 is 0. The number of anilines is 1. The molecule has 0 spiro atoms. The van der Waals surface area contributed by atoms with E-state index in [1.54, 1.807) is 17.0 Å². The number of nitrogens with zero attached hydrogens (tertiary/aromatic N) is 2. The van der Waals surface area contributed by atoms with E-state index < -0.39 is 0 Å². The molecule has 0 aromatic heterocycles. The van der Waals surface area contributed by atoms with E-state index in [9.17, 15) is 9.59 Å². The van der Waals surface area contributed by atoms with Crippen LogP contribution in [0.15, 0.2) is 18.2 Å². The third kappa shape index (κ3) is 5.21. The fourth-order valence-corrected chi connectivity index (χ4v) is 3.23. The van der Waals surface area contributed by atoms with Crippen molar-refractivity contribution < 1.29 is 14.7 Å². The first-order valence-electron chi connectivity index (χ1n) is 9.53. The second-order valence-corrected chi connectivity index (χ2v) is 7.15. The van der Waals surface area contributed by atoms with Crippen LogP contribution in [0.4, 0.5) is 10.5 Å². The zero-order valence-corrected chi connectivity index (χ0v) is 16.1. The summed E-state index contributed by atoms with van der Waals surface area (Å²) >= 11 is 0. The third-order valence-corrected chi connectivity index (χ3v) is 4.94. The van der Waals surface area contributed by atoms with E-state index >= 15 is 0 Å². The van der Waals surface area contributed by atoms with E-state index in [-0.39, 0.29) is 18.5 Å². The number of aryl methyl sites for hydroxylation is 1. The molecule has 1 heterocycles. The summed E-state index contributed by atoms with van der Waals surface area (Å²) in [6, 6.07) is 5.18. The van der Waals surface area contributed by atoms with Gasteiger partial charge in [-0.15, -0.1) is 0 Å². The first-order valence-corrected chi connectivity index (χ1v) is 9.53. The molecule has 1 aromatic carbocycles. The molecule has 0 radical (unpaired) electrons. The minimum absolute atomic E-state index is 0.0609. The van der Waals surface area contributed by atoms with Crippen molar-refractivity contribution >= 4 is 17.6 Å². The van der Waals surface area contributed by atoms with Crippen LogP contribution >= 0.6 is 0 Å². The number of piperidine rings is 1. The van der Waals surface area contributed by atoms with Crippen molar-refractivity contribution in [3.63, 3.8) is 0 Å². The average Bonchev–Trinajstić information content (AvgIpc) is 2.63. The Morgan fingerprint density at radius 2 is 1.96 bits per heavy atom. The highest BCUT2D eigenvalue weighted by Crippen LogP contribution is 2.21. The number of hydrogen-bond acceptors (Lipinski definition) is 3. The van der Waals surface area contributed by atoms with Gasteiger partial charge in [-0.1, -0.05) is 13.8 Å². The highest BCUT2D eigenvalue weighted by Gasteiger charge is 2.22. The lowest BCUT2D eigenvalue weighted by atomic mass is 9.98. The Bertz CT molecular complexity index is 619. The van der Waals surface area contributed by atoms with Crippen LogP contribution in [0.1, 0.15) is 49.0 Å². The Morgan fingerprint density at radius 1 is 1.27 bits per heavy atom. The van der Waals surface area contributed by atoms with Crippen molar-refractivity contribution in [2.45, 2.75) is 40.0 Å². The molecule has 0 saturated carbocycles. The summed E-state index contributed by atoms with van der Waals surface area (Å²) in [5, 5.41) is 12.0. The van der Waals surface area contributed by atoms with Crippen LogP contribution in [-0.2, 0) is 0 Å².